The Morgan fingerprint density at radius 2 is 1.89 bits per heavy atom. The molecule has 6 nitrogen and oxygen atoms in total. The van der Waals surface area contributed by atoms with Crippen molar-refractivity contribution in [3.05, 3.63) is 65.3 Å². The molecule has 140 valence electrons. The maximum Gasteiger partial charge on any atom is 0.270 e. The van der Waals surface area contributed by atoms with Crippen molar-refractivity contribution in [2.75, 3.05) is 26.2 Å². The molecule has 1 aromatic carbocycles. The SMILES string of the molecule is Cc1ccccc1-c1nc(CN2CCN(C(=O)c3ccc[nH]3)CC2)c(C)o1. The van der Waals surface area contributed by atoms with Crippen LogP contribution in [0, 0.1) is 13.8 Å². The molecule has 3 aromatic rings. The molecule has 1 saturated heterocycles. The zero-order chi connectivity index (χ0) is 18.8. The fraction of sp³-hybridized carbons (Fsp3) is 0.333. The summed E-state index contributed by atoms with van der Waals surface area (Å²) in [4.78, 5) is 24.4. The van der Waals surface area contributed by atoms with Gasteiger partial charge in [-0.3, -0.25) is 9.69 Å². The van der Waals surface area contributed by atoms with Crippen LogP contribution in [-0.2, 0) is 6.54 Å². The summed E-state index contributed by atoms with van der Waals surface area (Å²) in [6, 6.07) is 11.8. The Hall–Kier alpha value is -2.86. The van der Waals surface area contributed by atoms with Crippen molar-refractivity contribution in [1.82, 2.24) is 19.8 Å². The van der Waals surface area contributed by atoms with Gasteiger partial charge in [0.1, 0.15) is 11.5 Å². The Morgan fingerprint density at radius 3 is 2.59 bits per heavy atom. The number of carbonyl (C=O) groups excluding carboxylic acids is 1. The van der Waals surface area contributed by atoms with E-state index in [-0.39, 0.29) is 5.91 Å². The second-order valence-electron chi connectivity index (χ2n) is 6.99. The zero-order valence-electron chi connectivity index (χ0n) is 15.7. The number of rotatable bonds is 4. The third-order valence-corrected chi connectivity index (χ3v) is 5.13. The molecular weight excluding hydrogens is 340 g/mol. The van der Waals surface area contributed by atoms with E-state index in [9.17, 15) is 4.79 Å². The van der Waals surface area contributed by atoms with E-state index in [1.54, 1.807) is 6.20 Å². The van der Waals surface area contributed by atoms with Gasteiger partial charge in [0.2, 0.25) is 5.89 Å². The van der Waals surface area contributed by atoms with E-state index >= 15 is 0 Å². The van der Waals surface area contributed by atoms with Gasteiger partial charge in [-0.2, -0.15) is 0 Å². The molecule has 1 aliphatic rings. The van der Waals surface area contributed by atoms with Gasteiger partial charge in [-0.05, 0) is 37.6 Å². The number of hydrogen-bond donors (Lipinski definition) is 1. The average molecular weight is 364 g/mol. The van der Waals surface area contributed by atoms with Crippen molar-refractivity contribution in [3.63, 3.8) is 0 Å². The Kier molecular flexibility index (Phi) is 4.81. The molecule has 0 aliphatic carbocycles. The van der Waals surface area contributed by atoms with Crippen LogP contribution in [0.3, 0.4) is 0 Å². The van der Waals surface area contributed by atoms with Crippen LogP contribution in [0.25, 0.3) is 11.5 Å². The lowest BCUT2D eigenvalue weighted by molar-refractivity contribution is 0.0621. The van der Waals surface area contributed by atoms with Crippen molar-refractivity contribution >= 4 is 5.91 Å². The number of piperazine rings is 1. The van der Waals surface area contributed by atoms with Gasteiger partial charge in [0.25, 0.3) is 5.91 Å². The summed E-state index contributed by atoms with van der Waals surface area (Å²) in [6.45, 7) is 7.88. The number of hydrogen-bond acceptors (Lipinski definition) is 4. The molecular formula is C21H24N4O2. The van der Waals surface area contributed by atoms with Gasteiger partial charge in [-0.25, -0.2) is 4.98 Å². The highest BCUT2D eigenvalue weighted by Crippen LogP contribution is 2.25. The monoisotopic (exact) mass is 364 g/mol. The largest absolute Gasteiger partial charge is 0.441 e. The van der Waals surface area contributed by atoms with Crippen molar-refractivity contribution in [3.8, 4) is 11.5 Å². The van der Waals surface area contributed by atoms with Crippen LogP contribution in [0.4, 0.5) is 0 Å². The van der Waals surface area contributed by atoms with E-state index in [1.807, 2.05) is 42.2 Å². The molecule has 1 fully saturated rings. The fourth-order valence-corrected chi connectivity index (χ4v) is 3.46. The van der Waals surface area contributed by atoms with E-state index in [0.29, 0.717) is 11.6 Å². The standard InChI is InChI=1S/C21H24N4O2/c1-15-6-3-4-7-17(15)20-23-19(16(2)27-20)14-24-10-12-25(13-11-24)21(26)18-8-5-9-22-18/h3-9,22H,10-14H2,1-2H3. The molecule has 3 heterocycles. The molecule has 4 rings (SSSR count). The van der Waals surface area contributed by atoms with Gasteiger partial charge < -0.3 is 14.3 Å². The fourth-order valence-electron chi connectivity index (χ4n) is 3.46. The van der Waals surface area contributed by atoms with Crippen molar-refractivity contribution < 1.29 is 9.21 Å². The van der Waals surface area contributed by atoms with Crippen LogP contribution in [0.1, 0.15) is 27.5 Å². The minimum absolute atomic E-state index is 0.0686. The molecule has 6 heteroatoms. The van der Waals surface area contributed by atoms with E-state index in [0.717, 1.165) is 55.3 Å². The van der Waals surface area contributed by atoms with Gasteiger partial charge in [-0.15, -0.1) is 0 Å². The minimum Gasteiger partial charge on any atom is -0.441 e. The average Bonchev–Trinajstić information content (AvgIpc) is 3.33. The summed E-state index contributed by atoms with van der Waals surface area (Å²) in [5.41, 5.74) is 3.81. The van der Waals surface area contributed by atoms with Crippen LogP contribution in [0.5, 0.6) is 0 Å². The Balaban J connectivity index is 1.40. The van der Waals surface area contributed by atoms with E-state index in [4.69, 9.17) is 9.40 Å². The molecule has 1 amide bonds. The van der Waals surface area contributed by atoms with Crippen LogP contribution < -0.4 is 0 Å². The summed E-state index contributed by atoms with van der Waals surface area (Å²) in [7, 11) is 0. The number of aromatic amines is 1. The van der Waals surface area contributed by atoms with Gasteiger partial charge >= 0.3 is 0 Å². The normalized spacial score (nSPS) is 15.3. The van der Waals surface area contributed by atoms with Crippen molar-refractivity contribution in [2.45, 2.75) is 20.4 Å². The van der Waals surface area contributed by atoms with E-state index in [2.05, 4.69) is 22.9 Å². The molecule has 0 unspecified atom stereocenters. The van der Waals surface area contributed by atoms with Gasteiger partial charge in [-0.1, -0.05) is 18.2 Å². The third-order valence-electron chi connectivity index (χ3n) is 5.13. The number of amides is 1. The number of aryl methyl sites for hydroxylation is 2. The molecule has 0 atom stereocenters. The Bertz CT molecular complexity index is 922. The smallest absolute Gasteiger partial charge is 0.270 e. The van der Waals surface area contributed by atoms with Crippen molar-refractivity contribution in [1.29, 1.82) is 0 Å². The zero-order valence-corrected chi connectivity index (χ0v) is 15.7. The lowest BCUT2D eigenvalue weighted by atomic mass is 10.1. The first kappa shape index (κ1) is 17.5. The molecule has 0 bridgehead atoms. The highest BCUT2D eigenvalue weighted by molar-refractivity contribution is 5.92. The van der Waals surface area contributed by atoms with Gasteiger partial charge in [0.05, 0.1) is 5.69 Å². The first-order valence-electron chi connectivity index (χ1n) is 9.29. The molecule has 0 spiro atoms. The third kappa shape index (κ3) is 3.66. The maximum absolute atomic E-state index is 12.4. The lowest BCUT2D eigenvalue weighted by Crippen LogP contribution is -2.48. The number of benzene rings is 1. The number of aromatic nitrogens is 2. The number of oxazole rings is 1. The molecule has 0 radical (unpaired) electrons. The molecule has 1 N–H and O–H groups in total. The lowest BCUT2D eigenvalue weighted by Gasteiger charge is -2.34. The summed E-state index contributed by atoms with van der Waals surface area (Å²) in [6.07, 6.45) is 1.78. The topological polar surface area (TPSA) is 65.4 Å². The maximum atomic E-state index is 12.4. The summed E-state index contributed by atoms with van der Waals surface area (Å²) < 4.78 is 5.92. The van der Waals surface area contributed by atoms with Gasteiger partial charge in [0, 0.05) is 44.5 Å². The number of H-pyrrole nitrogens is 1. The van der Waals surface area contributed by atoms with Crippen LogP contribution in [-0.4, -0.2) is 51.9 Å². The highest BCUT2D eigenvalue weighted by atomic mass is 16.4. The van der Waals surface area contributed by atoms with E-state index < -0.39 is 0 Å². The minimum atomic E-state index is 0.0686. The number of carbonyl (C=O) groups is 1. The highest BCUT2D eigenvalue weighted by Gasteiger charge is 2.24. The molecule has 27 heavy (non-hydrogen) atoms. The van der Waals surface area contributed by atoms with Gasteiger partial charge in [0.15, 0.2) is 0 Å². The number of nitrogens with one attached hydrogen (secondary N) is 1. The molecule has 2 aromatic heterocycles. The predicted molar refractivity (Wildman–Crippen MR) is 103 cm³/mol. The Morgan fingerprint density at radius 1 is 1.11 bits per heavy atom. The second-order valence-corrected chi connectivity index (χ2v) is 6.99. The summed E-state index contributed by atoms with van der Waals surface area (Å²) in [5.74, 6) is 1.61. The van der Waals surface area contributed by atoms with Crippen LogP contribution in [0.2, 0.25) is 0 Å². The molecule has 0 saturated carbocycles. The molecule has 1 aliphatic heterocycles. The van der Waals surface area contributed by atoms with E-state index in [1.165, 1.54) is 0 Å². The second kappa shape index (κ2) is 7.40. The summed E-state index contributed by atoms with van der Waals surface area (Å²) in [5, 5.41) is 0. The summed E-state index contributed by atoms with van der Waals surface area (Å²) >= 11 is 0. The first-order chi connectivity index (χ1) is 13.1. The Labute approximate surface area is 158 Å². The predicted octanol–water partition coefficient (Wildman–Crippen LogP) is 3.24. The van der Waals surface area contributed by atoms with Crippen molar-refractivity contribution in [2.24, 2.45) is 0 Å². The van der Waals surface area contributed by atoms with Crippen LogP contribution >= 0.6 is 0 Å². The van der Waals surface area contributed by atoms with Crippen LogP contribution in [0.15, 0.2) is 47.0 Å². The quantitative estimate of drug-likeness (QED) is 0.772. The first-order valence-corrected chi connectivity index (χ1v) is 9.29. The number of nitrogens with zero attached hydrogens (tertiary/aromatic N) is 3.